The van der Waals surface area contributed by atoms with Gasteiger partial charge in [-0.2, -0.15) is 0 Å². The van der Waals surface area contributed by atoms with Crippen LogP contribution < -0.4 is 10.1 Å². The van der Waals surface area contributed by atoms with Gasteiger partial charge in [0.2, 0.25) is 5.91 Å². The zero-order valence-corrected chi connectivity index (χ0v) is 15.1. The second kappa shape index (κ2) is 7.22. The first-order valence-electron chi connectivity index (χ1n) is 8.36. The van der Waals surface area contributed by atoms with Gasteiger partial charge in [-0.1, -0.05) is 52.0 Å². The fourth-order valence-corrected chi connectivity index (χ4v) is 2.59. The minimum atomic E-state index is -0.500. The molecule has 1 unspecified atom stereocenters. The van der Waals surface area contributed by atoms with E-state index in [1.54, 1.807) is 7.11 Å². The third kappa shape index (κ3) is 3.88. The predicted octanol–water partition coefficient (Wildman–Crippen LogP) is 4.15. The van der Waals surface area contributed by atoms with Crippen molar-refractivity contribution in [3.05, 3.63) is 35.9 Å². The average molecular weight is 329 g/mol. The molecule has 4 heteroatoms. The molecule has 0 radical (unpaired) electrons. The topological polar surface area (TPSA) is 58.6 Å². The molecular weight excluding hydrogens is 302 g/mol. The second-order valence-electron chi connectivity index (χ2n) is 7.13. The average Bonchev–Trinajstić information content (AvgIpc) is 2.54. The van der Waals surface area contributed by atoms with E-state index in [0.29, 0.717) is 24.3 Å². The molecule has 2 aromatic carbocycles. The van der Waals surface area contributed by atoms with Gasteiger partial charge in [-0.3, -0.25) is 4.79 Å². The van der Waals surface area contributed by atoms with Gasteiger partial charge in [0.25, 0.3) is 0 Å². The highest BCUT2D eigenvalue weighted by Gasteiger charge is 2.24. The molecule has 0 heterocycles. The number of hydrogen-bond acceptors (Lipinski definition) is 3. The highest BCUT2D eigenvalue weighted by Crippen LogP contribution is 2.37. The maximum Gasteiger partial charge on any atom is 0.229 e. The molecule has 2 N–H and O–H groups in total. The van der Waals surface area contributed by atoms with E-state index < -0.39 is 11.5 Å². The van der Waals surface area contributed by atoms with Crippen LogP contribution in [0.5, 0.6) is 5.75 Å². The number of methoxy groups -OCH3 is 1. The Morgan fingerprint density at radius 1 is 1.29 bits per heavy atom. The summed E-state index contributed by atoms with van der Waals surface area (Å²) >= 11 is 0. The molecule has 0 fully saturated rings. The molecule has 24 heavy (non-hydrogen) atoms. The van der Waals surface area contributed by atoms with E-state index >= 15 is 0 Å². The molecule has 0 bridgehead atoms. The van der Waals surface area contributed by atoms with Crippen LogP contribution in [0.15, 0.2) is 30.3 Å². The Balaban J connectivity index is 2.61. The lowest BCUT2D eigenvalue weighted by Crippen LogP contribution is -2.28. The number of rotatable bonds is 5. The van der Waals surface area contributed by atoms with Crippen molar-refractivity contribution in [3.8, 4) is 5.75 Å². The van der Waals surface area contributed by atoms with Crippen molar-refractivity contribution in [2.45, 2.75) is 46.6 Å². The lowest BCUT2D eigenvalue weighted by molar-refractivity contribution is -0.123. The van der Waals surface area contributed by atoms with Crippen molar-refractivity contribution in [1.29, 1.82) is 0 Å². The molecule has 0 spiro atoms. The van der Waals surface area contributed by atoms with Crippen LogP contribution in [-0.2, 0) is 11.2 Å². The lowest BCUT2D eigenvalue weighted by Gasteiger charge is -2.23. The first-order valence-corrected chi connectivity index (χ1v) is 8.36. The molecule has 130 valence electrons. The predicted molar refractivity (Wildman–Crippen MR) is 98.6 cm³/mol. The summed E-state index contributed by atoms with van der Waals surface area (Å²) in [5.41, 5.74) is 1.04. The number of benzene rings is 2. The first kappa shape index (κ1) is 18.3. The summed E-state index contributed by atoms with van der Waals surface area (Å²) in [6.07, 6.45) is 0.595. The number of aliphatic hydroxyl groups excluding tert-OH is 1. The minimum absolute atomic E-state index is 0.0629. The van der Waals surface area contributed by atoms with Crippen LogP contribution in [-0.4, -0.2) is 24.2 Å². The Bertz CT molecular complexity index is 731. The number of fused-ring (bicyclic) bond motifs is 1. The quantitative estimate of drug-likeness (QED) is 0.866. The summed E-state index contributed by atoms with van der Waals surface area (Å²) in [5.74, 6) is 0.650. The van der Waals surface area contributed by atoms with E-state index in [1.807, 2.05) is 58.0 Å². The molecule has 0 aliphatic heterocycles. The van der Waals surface area contributed by atoms with Gasteiger partial charge in [-0.05, 0) is 17.9 Å². The van der Waals surface area contributed by atoms with Gasteiger partial charge in [-0.15, -0.1) is 0 Å². The standard InChI is InChI=1S/C20H27NO3/c1-6-14(22)12-16-17(21-19(23)20(2,3)4)11-13-9-7-8-10-15(13)18(16)24-5/h7-11,14,22H,6,12H2,1-5H3,(H,21,23). The number of hydrogen-bond donors (Lipinski definition) is 2. The van der Waals surface area contributed by atoms with Gasteiger partial charge in [-0.25, -0.2) is 0 Å². The molecular formula is C20H27NO3. The summed E-state index contributed by atoms with van der Waals surface area (Å²) in [6, 6.07) is 9.85. The number of amides is 1. The summed E-state index contributed by atoms with van der Waals surface area (Å²) in [7, 11) is 1.62. The Kier molecular flexibility index (Phi) is 5.50. The molecule has 2 rings (SSSR count). The van der Waals surface area contributed by atoms with Crippen molar-refractivity contribution in [1.82, 2.24) is 0 Å². The summed E-state index contributed by atoms with van der Waals surface area (Å²) in [6.45, 7) is 7.56. The smallest absolute Gasteiger partial charge is 0.229 e. The van der Waals surface area contributed by atoms with E-state index in [0.717, 1.165) is 16.3 Å². The molecule has 1 atom stereocenters. The Morgan fingerprint density at radius 2 is 1.96 bits per heavy atom. The van der Waals surface area contributed by atoms with Crippen LogP contribution in [0.3, 0.4) is 0 Å². The van der Waals surface area contributed by atoms with Gasteiger partial charge in [0.1, 0.15) is 5.75 Å². The van der Waals surface area contributed by atoms with Crippen molar-refractivity contribution < 1.29 is 14.6 Å². The van der Waals surface area contributed by atoms with Crippen molar-refractivity contribution in [2.24, 2.45) is 5.41 Å². The number of carbonyl (C=O) groups is 1. The van der Waals surface area contributed by atoms with Gasteiger partial charge in [0.15, 0.2) is 0 Å². The third-order valence-electron chi connectivity index (χ3n) is 4.15. The highest BCUT2D eigenvalue weighted by molar-refractivity contribution is 6.00. The van der Waals surface area contributed by atoms with E-state index in [2.05, 4.69) is 5.32 Å². The second-order valence-corrected chi connectivity index (χ2v) is 7.13. The van der Waals surface area contributed by atoms with Crippen molar-refractivity contribution >= 4 is 22.4 Å². The van der Waals surface area contributed by atoms with Crippen molar-refractivity contribution in [3.63, 3.8) is 0 Å². The number of anilines is 1. The number of carbonyl (C=O) groups excluding carboxylic acids is 1. The van der Waals surface area contributed by atoms with Crippen LogP contribution in [0.1, 0.15) is 39.7 Å². The van der Waals surface area contributed by atoms with Gasteiger partial charge in [0.05, 0.1) is 13.2 Å². The maximum absolute atomic E-state index is 12.5. The molecule has 1 amide bonds. The fraction of sp³-hybridized carbons (Fsp3) is 0.450. The monoisotopic (exact) mass is 329 g/mol. The Hall–Kier alpha value is -2.07. The molecule has 2 aromatic rings. The molecule has 0 aliphatic carbocycles. The normalized spacial score (nSPS) is 12.9. The minimum Gasteiger partial charge on any atom is -0.496 e. The van der Waals surface area contributed by atoms with E-state index in [1.165, 1.54) is 0 Å². The van der Waals surface area contributed by atoms with Crippen LogP contribution in [0.2, 0.25) is 0 Å². The van der Waals surface area contributed by atoms with Crippen LogP contribution in [0, 0.1) is 5.41 Å². The summed E-state index contributed by atoms with van der Waals surface area (Å²) in [5, 5.41) is 15.1. The van der Waals surface area contributed by atoms with Crippen LogP contribution >= 0.6 is 0 Å². The zero-order chi connectivity index (χ0) is 17.9. The SMILES string of the molecule is CCC(O)Cc1c(NC(=O)C(C)(C)C)cc2ccccc2c1OC. The fourth-order valence-electron chi connectivity index (χ4n) is 2.59. The number of nitrogens with one attached hydrogen (secondary N) is 1. The third-order valence-corrected chi connectivity index (χ3v) is 4.15. The van der Waals surface area contributed by atoms with Gasteiger partial charge in [0, 0.05) is 28.5 Å². The highest BCUT2D eigenvalue weighted by atomic mass is 16.5. The Morgan fingerprint density at radius 3 is 2.54 bits per heavy atom. The molecule has 0 aromatic heterocycles. The first-order chi connectivity index (χ1) is 11.3. The molecule has 0 saturated carbocycles. The van der Waals surface area contributed by atoms with Gasteiger partial charge >= 0.3 is 0 Å². The summed E-state index contributed by atoms with van der Waals surface area (Å²) in [4.78, 5) is 12.5. The van der Waals surface area contributed by atoms with Gasteiger partial charge < -0.3 is 15.2 Å². The van der Waals surface area contributed by atoms with E-state index in [9.17, 15) is 9.90 Å². The van der Waals surface area contributed by atoms with Crippen molar-refractivity contribution in [2.75, 3.05) is 12.4 Å². The maximum atomic E-state index is 12.5. The summed E-state index contributed by atoms with van der Waals surface area (Å²) < 4.78 is 5.65. The number of ether oxygens (including phenoxy) is 1. The zero-order valence-electron chi connectivity index (χ0n) is 15.1. The van der Waals surface area contributed by atoms with Crippen LogP contribution in [0.25, 0.3) is 10.8 Å². The van der Waals surface area contributed by atoms with Crippen LogP contribution in [0.4, 0.5) is 5.69 Å². The largest absolute Gasteiger partial charge is 0.496 e. The molecule has 4 nitrogen and oxygen atoms in total. The lowest BCUT2D eigenvalue weighted by atomic mass is 9.94. The molecule has 0 saturated heterocycles. The van der Waals surface area contributed by atoms with E-state index in [-0.39, 0.29) is 5.91 Å². The molecule has 0 aliphatic rings. The number of aliphatic hydroxyl groups is 1. The Labute approximate surface area is 143 Å². The van der Waals surface area contributed by atoms with E-state index in [4.69, 9.17) is 4.74 Å².